The number of aryl methyl sites for hydroxylation is 1. The lowest BCUT2D eigenvalue weighted by atomic mass is 9.77. The van der Waals surface area contributed by atoms with Gasteiger partial charge in [0.05, 0.1) is 0 Å². The van der Waals surface area contributed by atoms with Crippen molar-refractivity contribution in [2.24, 2.45) is 5.92 Å². The van der Waals surface area contributed by atoms with Gasteiger partial charge in [0.25, 0.3) is 0 Å². The highest BCUT2D eigenvalue weighted by Gasteiger charge is 2.21. The number of benzene rings is 2. The van der Waals surface area contributed by atoms with Crippen LogP contribution in [0, 0.1) is 5.92 Å². The van der Waals surface area contributed by atoms with Crippen LogP contribution in [0.15, 0.2) is 49.1 Å². The molecular weight excluding hydrogens is 276 g/mol. The molecule has 0 unspecified atom stereocenters. The summed E-state index contributed by atoms with van der Waals surface area (Å²) in [4.78, 5) is 0. The third-order valence-electron chi connectivity index (χ3n) is 5.58. The molecule has 0 saturated heterocycles. The third kappa shape index (κ3) is 4.05. The fourth-order valence-electron chi connectivity index (χ4n) is 4.18. The molecule has 0 heterocycles. The summed E-state index contributed by atoms with van der Waals surface area (Å²) in [7, 11) is 0. The molecule has 1 aliphatic rings. The fourth-order valence-corrected chi connectivity index (χ4v) is 4.18. The van der Waals surface area contributed by atoms with Crippen molar-refractivity contribution in [3.8, 4) is 0 Å². The Bertz CT molecular complexity index is 644. The average molecular weight is 306 g/mol. The Kier molecular flexibility index (Phi) is 5.54. The Labute approximate surface area is 141 Å². The van der Waals surface area contributed by atoms with E-state index in [1.807, 2.05) is 6.08 Å². The lowest BCUT2D eigenvalue weighted by molar-refractivity contribution is 0.308. The smallest absolute Gasteiger partial charge is 0.0162 e. The lowest BCUT2D eigenvalue weighted by Crippen LogP contribution is -2.13. The summed E-state index contributed by atoms with van der Waals surface area (Å²) in [5.41, 5.74) is 2.98. The predicted octanol–water partition coefficient (Wildman–Crippen LogP) is 7.03. The van der Waals surface area contributed by atoms with Gasteiger partial charge in [-0.3, -0.25) is 0 Å². The Hall–Kier alpha value is -1.56. The number of fused-ring (bicyclic) bond motifs is 1. The van der Waals surface area contributed by atoms with Crippen LogP contribution in [0.3, 0.4) is 0 Å². The maximum Gasteiger partial charge on any atom is -0.0162 e. The molecule has 122 valence electrons. The summed E-state index contributed by atoms with van der Waals surface area (Å²) in [6.07, 6.45) is 12.6. The molecule has 0 heteroatoms. The van der Waals surface area contributed by atoms with Crippen molar-refractivity contribution in [3.63, 3.8) is 0 Å². The van der Waals surface area contributed by atoms with Gasteiger partial charge in [0.15, 0.2) is 0 Å². The van der Waals surface area contributed by atoms with E-state index < -0.39 is 0 Å². The van der Waals surface area contributed by atoms with Gasteiger partial charge in [0.2, 0.25) is 0 Å². The molecular formula is C23H30. The molecule has 0 radical (unpaired) electrons. The van der Waals surface area contributed by atoms with Crippen molar-refractivity contribution in [3.05, 3.63) is 60.2 Å². The average Bonchev–Trinajstić information content (AvgIpc) is 2.60. The van der Waals surface area contributed by atoms with Crippen molar-refractivity contribution in [2.75, 3.05) is 0 Å². The van der Waals surface area contributed by atoms with Crippen LogP contribution in [0.5, 0.6) is 0 Å². The zero-order chi connectivity index (χ0) is 16.1. The summed E-state index contributed by atoms with van der Waals surface area (Å²) in [6, 6.07) is 14.1. The first-order chi connectivity index (χ1) is 11.3. The topological polar surface area (TPSA) is 0 Å². The molecule has 0 spiro atoms. The van der Waals surface area contributed by atoms with Gasteiger partial charge < -0.3 is 0 Å². The minimum absolute atomic E-state index is 0.785. The van der Waals surface area contributed by atoms with E-state index in [1.54, 1.807) is 5.56 Å². The summed E-state index contributed by atoms with van der Waals surface area (Å²) in [6.45, 7) is 6.14. The zero-order valence-corrected chi connectivity index (χ0v) is 14.6. The standard InChI is InChI=1S/C23H30/c1-3-5-7-19-10-13-23-17-22(15-14-21(23)16-19)20-11-8-18(6-4-2)9-12-20/h3,10,13-18,20H,1,4-9,11-12H2,2H3. The summed E-state index contributed by atoms with van der Waals surface area (Å²) in [5, 5.41) is 2.79. The number of rotatable bonds is 6. The van der Waals surface area contributed by atoms with Crippen molar-refractivity contribution >= 4 is 10.8 Å². The SMILES string of the molecule is C=CCCc1ccc2cc(C3CCC(CCC)CC3)ccc2c1. The van der Waals surface area contributed by atoms with E-state index in [4.69, 9.17) is 0 Å². The lowest BCUT2D eigenvalue weighted by Gasteiger charge is -2.28. The second-order valence-corrected chi connectivity index (χ2v) is 7.27. The van der Waals surface area contributed by atoms with E-state index in [0.717, 1.165) is 24.7 Å². The largest absolute Gasteiger partial charge is 0.103 e. The van der Waals surface area contributed by atoms with Gasteiger partial charge in [-0.1, -0.05) is 62.2 Å². The number of hydrogen-bond acceptors (Lipinski definition) is 0. The molecule has 0 aromatic heterocycles. The molecule has 3 rings (SSSR count). The van der Waals surface area contributed by atoms with Crippen LogP contribution in [0.2, 0.25) is 0 Å². The van der Waals surface area contributed by atoms with E-state index >= 15 is 0 Å². The van der Waals surface area contributed by atoms with Crippen LogP contribution in [-0.2, 0) is 6.42 Å². The first-order valence-corrected chi connectivity index (χ1v) is 9.43. The number of hydrogen-bond donors (Lipinski definition) is 0. The molecule has 1 saturated carbocycles. The highest BCUT2D eigenvalue weighted by molar-refractivity contribution is 5.84. The Balaban J connectivity index is 1.72. The third-order valence-corrected chi connectivity index (χ3v) is 5.58. The minimum atomic E-state index is 0.785. The molecule has 2 aromatic carbocycles. The fraction of sp³-hybridized carbons (Fsp3) is 0.478. The van der Waals surface area contributed by atoms with Crippen LogP contribution in [0.1, 0.15) is 68.9 Å². The maximum absolute atomic E-state index is 3.82. The van der Waals surface area contributed by atoms with Gasteiger partial charge in [-0.15, -0.1) is 6.58 Å². The van der Waals surface area contributed by atoms with Gasteiger partial charge >= 0.3 is 0 Å². The first-order valence-electron chi connectivity index (χ1n) is 9.43. The molecule has 1 fully saturated rings. The Morgan fingerprint density at radius 1 is 1.00 bits per heavy atom. The molecule has 2 aromatic rings. The van der Waals surface area contributed by atoms with Crippen molar-refractivity contribution in [1.82, 2.24) is 0 Å². The molecule has 0 atom stereocenters. The highest BCUT2D eigenvalue weighted by atomic mass is 14.3. The van der Waals surface area contributed by atoms with Crippen molar-refractivity contribution in [2.45, 2.75) is 64.2 Å². The molecule has 23 heavy (non-hydrogen) atoms. The summed E-state index contributed by atoms with van der Waals surface area (Å²) >= 11 is 0. The van der Waals surface area contributed by atoms with Crippen molar-refractivity contribution in [1.29, 1.82) is 0 Å². The van der Waals surface area contributed by atoms with Crippen LogP contribution in [-0.4, -0.2) is 0 Å². The zero-order valence-electron chi connectivity index (χ0n) is 14.6. The molecule has 0 aliphatic heterocycles. The minimum Gasteiger partial charge on any atom is -0.103 e. The second kappa shape index (κ2) is 7.81. The normalized spacial score (nSPS) is 21.4. The van der Waals surface area contributed by atoms with Crippen LogP contribution >= 0.6 is 0 Å². The molecule has 0 amide bonds. The van der Waals surface area contributed by atoms with Crippen LogP contribution < -0.4 is 0 Å². The summed E-state index contributed by atoms with van der Waals surface area (Å²) in [5.74, 6) is 1.78. The maximum atomic E-state index is 3.82. The Morgan fingerprint density at radius 2 is 1.74 bits per heavy atom. The van der Waals surface area contributed by atoms with Crippen molar-refractivity contribution < 1.29 is 0 Å². The van der Waals surface area contributed by atoms with E-state index in [-0.39, 0.29) is 0 Å². The quantitative estimate of drug-likeness (QED) is 0.502. The predicted molar refractivity (Wildman–Crippen MR) is 102 cm³/mol. The molecule has 0 N–H and O–H groups in total. The van der Waals surface area contributed by atoms with E-state index in [0.29, 0.717) is 0 Å². The molecule has 0 nitrogen and oxygen atoms in total. The highest BCUT2D eigenvalue weighted by Crippen LogP contribution is 2.38. The van der Waals surface area contributed by atoms with Gasteiger partial charge in [-0.05, 0) is 72.3 Å². The van der Waals surface area contributed by atoms with Gasteiger partial charge in [-0.25, -0.2) is 0 Å². The van der Waals surface area contributed by atoms with Gasteiger partial charge in [0, 0.05) is 0 Å². The van der Waals surface area contributed by atoms with E-state index in [2.05, 4.69) is 49.9 Å². The van der Waals surface area contributed by atoms with Crippen LogP contribution in [0.4, 0.5) is 0 Å². The van der Waals surface area contributed by atoms with E-state index in [1.165, 1.54) is 54.9 Å². The second-order valence-electron chi connectivity index (χ2n) is 7.27. The van der Waals surface area contributed by atoms with E-state index in [9.17, 15) is 0 Å². The molecule has 0 bridgehead atoms. The Morgan fingerprint density at radius 3 is 2.48 bits per heavy atom. The number of allylic oxidation sites excluding steroid dienone is 1. The molecule has 1 aliphatic carbocycles. The van der Waals surface area contributed by atoms with Gasteiger partial charge in [0.1, 0.15) is 0 Å². The van der Waals surface area contributed by atoms with Crippen LogP contribution in [0.25, 0.3) is 10.8 Å². The monoisotopic (exact) mass is 306 g/mol. The summed E-state index contributed by atoms with van der Waals surface area (Å²) < 4.78 is 0. The first kappa shape index (κ1) is 16.3. The van der Waals surface area contributed by atoms with Gasteiger partial charge in [-0.2, -0.15) is 0 Å².